The van der Waals surface area contributed by atoms with E-state index < -0.39 is 0 Å². The molecule has 2 aromatic carbocycles. The number of aryl methyl sites for hydroxylation is 3. The first-order valence-corrected chi connectivity index (χ1v) is 14.9. The van der Waals surface area contributed by atoms with Crippen LogP contribution in [0.1, 0.15) is 30.4 Å². The highest BCUT2D eigenvalue weighted by Crippen LogP contribution is 2.40. The number of para-hydroxylation sites is 1. The zero-order valence-corrected chi connectivity index (χ0v) is 25.0. The van der Waals surface area contributed by atoms with Gasteiger partial charge < -0.3 is 29.7 Å². The van der Waals surface area contributed by atoms with Crippen LogP contribution in [0.5, 0.6) is 5.75 Å². The van der Waals surface area contributed by atoms with E-state index in [0.29, 0.717) is 11.7 Å². The standard InChI is InChI=1S/C34H41N7O/c1-6-24(3)36-28-19-29(31(42-5)20-30(28)39(4)17-18-40-14-7-8-15-40)37-34-35-21-23(2)32(38-34)27-22-41-16-10-12-25-11-9-13-26(27)33(25)41/h6,9,11,13,19-22,36H,1,3,7-8,10,12,14-18H2,2,4-5H3,(H,35,37,38). The molecule has 2 N–H and O–H groups in total. The number of benzene rings is 2. The second-order valence-corrected chi connectivity index (χ2v) is 11.4. The molecule has 0 atom stereocenters. The number of nitrogens with zero attached hydrogens (tertiary/aromatic N) is 5. The Morgan fingerprint density at radius 2 is 1.98 bits per heavy atom. The van der Waals surface area contributed by atoms with Gasteiger partial charge in [-0.2, -0.15) is 0 Å². The van der Waals surface area contributed by atoms with Gasteiger partial charge in [0.2, 0.25) is 5.95 Å². The van der Waals surface area contributed by atoms with Crippen LogP contribution in [0, 0.1) is 6.92 Å². The predicted molar refractivity (Wildman–Crippen MR) is 174 cm³/mol. The summed E-state index contributed by atoms with van der Waals surface area (Å²) in [5.41, 5.74) is 9.29. The van der Waals surface area contributed by atoms with Crippen molar-refractivity contribution in [3.63, 3.8) is 0 Å². The fourth-order valence-corrected chi connectivity index (χ4v) is 6.23. The Balaban J connectivity index is 1.34. The van der Waals surface area contributed by atoms with E-state index in [1.54, 1.807) is 13.2 Å². The second-order valence-electron chi connectivity index (χ2n) is 11.4. The lowest BCUT2D eigenvalue weighted by atomic mass is 10.0. The molecule has 218 valence electrons. The monoisotopic (exact) mass is 563 g/mol. The van der Waals surface area contributed by atoms with E-state index in [9.17, 15) is 0 Å². The van der Waals surface area contributed by atoms with Gasteiger partial charge in [0.25, 0.3) is 0 Å². The molecular weight excluding hydrogens is 522 g/mol. The Hall–Kier alpha value is -4.30. The van der Waals surface area contributed by atoms with E-state index in [2.05, 4.69) is 87.6 Å². The lowest BCUT2D eigenvalue weighted by Gasteiger charge is -2.27. The molecule has 0 aliphatic carbocycles. The maximum Gasteiger partial charge on any atom is 0.227 e. The molecule has 0 saturated carbocycles. The second kappa shape index (κ2) is 11.9. The molecule has 0 unspecified atom stereocenters. The van der Waals surface area contributed by atoms with Crippen molar-refractivity contribution in [3.05, 3.63) is 78.8 Å². The average Bonchev–Trinajstić information content (AvgIpc) is 3.66. The van der Waals surface area contributed by atoms with Crippen LogP contribution in [0.15, 0.2) is 67.7 Å². The highest BCUT2D eigenvalue weighted by Gasteiger charge is 2.21. The molecule has 2 aliphatic rings. The van der Waals surface area contributed by atoms with Crippen LogP contribution in [-0.2, 0) is 13.0 Å². The van der Waals surface area contributed by atoms with Crippen molar-refractivity contribution >= 4 is 33.9 Å². The first-order chi connectivity index (χ1) is 20.4. The summed E-state index contributed by atoms with van der Waals surface area (Å²) in [6.45, 7) is 15.4. The van der Waals surface area contributed by atoms with Crippen LogP contribution in [0.2, 0.25) is 0 Å². The number of rotatable bonds is 11. The Kier molecular flexibility index (Phi) is 7.89. The van der Waals surface area contributed by atoms with Crippen LogP contribution in [-0.4, -0.2) is 59.8 Å². The van der Waals surface area contributed by atoms with Crippen molar-refractivity contribution in [1.82, 2.24) is 19.4 Å². The minimum absolute atomic E-state index is 0.518. The number of aromatic nitrogens is 3. The third-order valence-corrected chi connectivity index (χ3v) is 8.52. The van der Waals surface area contributed by atoms with Gasteiger partial charge in [0.15, 0.2) is 0 Å². The molecule has 8 nitrogen and oxygen atoms in total. The summed E-state index contributed by atoms with van der Waals surface area (Å²) >= 11 is 0. The molecule has 0 bridgehead atoms. The fourth-order valence-electron chi connectivity index (χ4n) is 6.23. The van der Waals surface area contributed by atoms with E-state index in [-0.39, 0.29) is 0 Å². The van der Waals surface area contributed by atoms with E-state index >= 15 is 0 Å². The molecule has 2 aromatic heterocycles. The number of likely N-dealkylation sites (tertiary alicyclic amines) is 1. The Morgan fingerprint density at radius 3 is 2.76 bits per heavy atom. The SMILES string of the molecule is C=CC(=C)Nc1cc(Nc2ncc(C)c(-c3cn4c5c(cccc35)CCC4)n2)c(OC)cc1N(C)CCN1CCCC1. The molecule has 0 amide bonds. The molecule has 2 aliphatic heterocycles. The Labute approximate surface area is 248 Å². The molecule has 1 fully saturated rings. The smallest absolute Gasteiger partial charge is 0.227 e. The Morgan fingerprint density at radius 1 is 1.14 bits per heavy atom. The summed E-state index contributed by atoms with van der Waals surface area (Å²) in [6, 6.07) is 10.7. The van der Waals surface area contributed by atoms with Crippen LogP contribution in [0.3, 0.4) is 0 Å². The van der Waals surface area contributed by atoms with Crippen LogP contribution >= 0.6 is 0 Å². The minimum atomic E-state index is 0.518. The van der Waals surface area contributed by atoms with Gasteiger partial charge in [-0.1, -0.05) is 31.4 Å². The van der Waals surface area contributed by atoms with Crippen molar-refractivity contribution in [3.8, 4) is 17.0 Å². The number of hydrogen-bond donors (Lipinski definition) is 2. The zero-order valence-electron chi connectivity index (χ0n) is 25.0. The van der Waals surface area contributed by atoms with E-state index in [1.807, 2.05) is 12.3 Å². The van der Waals surface area contributed by atoms with Gasteiger partial charge in [-0.05, 0) is 69.0 Å². The topological polar surface area (TPSA) is 70.5 Å². The summed E-state index contributed by atoms with van der Waals surface area (Å²) in [6.07, 6.45) is 10.7. The normalized spacial score (nSPS) is 14.6. The maximum atomic E-state index is 5.88. The zero-order chi connectivity index (χ0) is 29.2. The van der Waals surface area contributed by atoms with Crippen LogP contribution in [0.4, 0.5) is 23.0 Å². The molecule has 0 radical (unpaired) electrons. The van der Waals surface area contributed by atoms with Crippen molar-refractivity contribution < 1.29 is 4.74 Å². The first kappa shape index (κ1) is 27.8. The van der Waals surface area contributed by atoms with E-state index in [1.165, 1.54) is 42.4 Å². The van der Waals surface area contributed by atoms with Gasteiger partial charge in [-0.3, -0.25) is 0 Å². The van der Waals surface area contributed by atoms with Crippen LogP contribution < -0.4 is 20.3 Å². The summed E-state index contributed by atoms with van der Waals surface area (Å²) in [7, 11) is 3.81. The number of likely N-dealkylation sites (N-methyl/N-ethyl adjacent to an activating group) is 1. The van der Waals surface area contributed by atoms with Crippen molar-refractivity contribution in [2.24, 2.45) is 0 Å². The number of nitrogens with one attached hydrogen (secondary N) is 2. The number of methoxy groups -OCH3 is 1. The quantitative estimate of drug-likeness (QED) is 0.196. The third-order valence-electron chi connectivity index (χ3n) is 8.52. The van der Waals surface area contributed by atoms with E-state index in [4.69, 9.17) is 9.72 Å². The molecule has 0 spiro atoms. The molecule has 6 rings (SSSR count). The van der Waals surface area contributed by atoms with Crippen molar-refractivity contribution in [2.45, 2.75) is 39.2 Å². The molecule has 42 heavy (non-hydrogen) atoms. The largest absolute Gasteiger partial charge is 0.494 e. The molecule has 4 heterocycles. The molecule has 4 aromatic rings. The molecular formula is C34H41N7O. The van der Waals surface area contributed by atoms with Crippen LogP contribution in [0.25, 0.3) is 22.2 Å². The van der Waals surface area contributed by atoms with Gasteiger partial charge in [-0.25, -0.2) is 9.97 Å². The molecule has 1 saturated heterocycles. The highest BCUT2D eigenvalue weighted by atomic mass is 16.5. The predicted octanol–water partition coefficient (Wildman–Crippen LogP) is 6.75. The minimum Gasteiger partial charge on any atom is -0.494 e. The van der Waals surface area contributed by atoms with Crippen molar-refractivity contribution in [1.29, 1.82) is 0 Å². The average molecular weight is 564 g/mol. The number of hydrogen-bond acceptors (Lipinski definition) is 7. The summed E-state index contributed by atoms with van der Waals surface area (Å²) in [5, 5.41) is 8.12. The lowest BCUT2D eigenvalue weighted by Crippen LogP contribution is -2.31. The fraction of sp³-hybridized carbons (Fsp3) is 0.353. The number of anilines is 4. The summed E-state index contributed by atoms with van der Waals surface area (Å²) < 4.78 is 8.26. The summed E-state index contributed by atoms with van der Waals surface area (Å²) in [5.74, 6) is 1.23. The molecule has 8 heteroatoms. The number of allylic oxidation sites excluding steroid dienone is 1. The lowest BCUT2D eigenvalue weighted by molar-refractivity contribution is 0.346. The van der Waals surface area contributed by atoms with Crippen molar-refractivity contribution in [2.75, 3.05) is 55.9 Å². The van der Waals surface area contributed by atoms with Gasteiger partial charge in [0.1, 0.15) is 5.75 Å². The van der Waals surface area contributed by atoms with E-state index in [0.717, 1.165) is 72.1 Å². The third kappa shape index (κ3) is 5.46. The first-order valence-electron chi connectivity index (χ1n) is 14.9. The Bertz CT molecular complexity index is 1630. The maximum absolute atomic E-state index is 5.88. The highest BCUT2D eigenvalue weighted by molar-refractivity contribution is 5.98. The van der Waals surface area contributed by atoms with Gasteiger partial charge >= 0.3 is 0 Å². The van der Waals surface area contributed by atoms with Gasteiger partial charge in [0.05, 0.1) is 35.4 Å². The number of ether oxygens (including phenoxy) is 1. The van der Waals surface area contributed by atoms with Gasteiger partial charge in [-0.15, -0.1) is 0 Å². The summed E-state index contributed by atoms with van der Waals surface area (Å²) in [4.78, 5) is 14.5. The van der Waals surface area contributed by atoms with Gasteiger partial charge in [0, 0.05) is 61.8 Å².